The standard InChI is InChI=1S/C9H10Br2N4/c10-7-5-6(12)1-2-8(7)14-15-4-3-13-9(15)11/h1-2,5,14H,3-4,12H2. The largest absolute Gasteiger partial charge is 0.399 e. The van der Waals surface area contributed by atoms with Crippen LogP contribution in [-0.2, 0) is 0 Å². The number of anilines is 2. The van der Waals surface area contributed by atoms with Crippen molar-refractivity contribution in [3.8, 4) is 0 Å². The van der Waals surface area contributed by atoms with Gasteiger partial charge >= 0.3 is 0 Å². The predicted molar refractivity (Wildman–Crippen MR) is 70.1 cm³/mol. The summed E-state index contributed by atoms with van der Waals surface area (Å²) >= 11 is 6.82. The molecule has 1 aromatic rings. The van der Waals surface area contributed by atoms with E-state index >= 15 is 0 Å². The lowest BCUT2D eigenvalue weighted by Gasteiger charge is -2.20. The molecule has 0 saturated heterocycles. The van der Waals surface area contributed by atoms with Crippen molar-refractivity contribution in [3.05, 3.63) is 22.7 Å². The number of hydrogen-bond acceptors (Lipinski definition) is 4. The molecule has 80 valence electrons. The Bertz CT molecular complexity index is 405. The van der Waals surface area contributed by atoms with E-state index < -0.39 is 0 Å². The second-order valence-electron chi connectivity index (χ2n) is 3.15. The molecular formula is C9H10Br2N4. The molecule has 2 rings (SSSR count). The first-order valence-electron chi connectivity index (χ1n) is 4.46. The summed E-state index contributed by atoms with van der Waals surface area (Å²) < 4.78 is 1.76. The average molecular weight is 334 g/mol. The van der Waals surface area contributed by atoms with Crippen LogP contribution in [0.1, 0.15) is 0 Å². The monoisotopic (exact) mass is 332 g/mol. The third kappa shape index (κ3) is 2.43. The predicted octanol–water partition coefficient (Wildman–Crippen LogP) is 2.42. The third-order valence-corrected chi connectivity index (χ3v) is 3.37. The van der Waals surface area contributed by atoms with Gasteiger partial charge in [0, 0.05) is 10.2 Å². The number of amidine groups is 1. The molecule has 1 aromatic carbocycles. The topological polar surface area (TPSA) is 53.6 Å². The van der Waals surface area contributed by atoms with Gasteiger partial charge < -0.3 is 5.73 Å². The van der Waals surface area contributed by atoms with Gasteiger partial charge in [-0.05, 0) is 50.1 Å². The molecule has 6 heteroatoms. The summed E-state index contributed by atoms with van der Waals surface area (Å²) in [4.78, 5) is 4.22. The van der Waals surface area contributed by atoms with Crippen LogP contribution in [0.2, 0.25) is 0 Å². The number of rotatable bonds is 2. The molecule has 0 saturated carbocycles. The van der Waals surface area contributed by atoms with Crippen LogP contribution in [0.5, 0.6) is 0 Å². The van der Waals surface area contributed by atoms with Gasteiger partial charge in [0.25, 0.3) is 0 Å². The van der Waals surface area contributed by atoms with E-state index in [0.29, 0.717) is 0 Å². The molecule has 0 atom stereocenters. The van der Waals surface area contributed by atoms with Gasteiger partial charge in [-0.2, -0.15) is 0 Å². The number of nitrogens with zero attached hydrogens (tertiary/aromatic N) is 2. The maximum atomic E-state index is 5.66. The summed E-state index contributed by atoms with van der Waals surface area (Å²) in [6.45, 7) is 1.66. The zero-order chi connectivity index (χ0) is 10.8. The first-order valence-corrected chi connectivity index (χ1v) is 6.04. The van der Waals surface area contributed by atoms with Crippen molar-refractivity contribution in [2.75, 3.05) is 24.2 Å². The van der Waals surface area contributed by atoms with E-state index in [1.807, 2.05) is 23.2 Å². The molecule has 0 unspecified atom stereocenters. The second kappa shape index (κ2) is 4.40. The van der Waals surface area contributed by atoms with Crippen LogP contribution in [0, 0.1) is 0 Å². The van der Waals surface area contributed by atoms with Gasteiger partial charge in [0.1, 0.15) is 0 Å². The highest BCUT2D eigenvalue weighted by atomic mass is 79.9. The summed E-state index contributed by atoms with van der Waals surface area (Å²) in [7, 11) is 0. The fourth-order valence-electron chi connectivity index (χ4n) is 1.29. The SMILES string of the molecule is Nc1ccc(NN2CCN=C2Br)c(Br)c1. The maximum Gasteiger partial charge on any atom is 0.187 e. The van der Waals surface area contributed by atoms with Crippen molar-refractivity contribution >= 4 is 48.0 Å². The third-order valence-electron chi connectivity index (χ3n) is 2.04. The van der Waals surface area contributed by atoms with Crippen LogP contribution in [0.25, 0.3) is 0 Å². The number of halogens is 2. The van der Waals surface area contributed by atoms with Crippen LogP contribution in [-0.4, -0.2) is 22.8 Å². The minimum absolute atomic E-state index is 0.738. The highest BCUT2D eigenvalue weighted by Gasteiger charge is 2.14. The molecule has 3 N–H and O–H groups in total. The van der Waals surface area contributed by atoms with E-state index in [0.717, 1.165) is 33.7 Å². The number of hydrogen-bond donors (Lipinski definition) is 2. The van der Waals surface area contributed by atoms with Crippen LogP contribution in [0.3, 0.4) is 0 Å². The Labute approximate surface area is 105 Å². The summed E-state index contributed by atoms with van der Waals surface area (Å²) in [6.07, 6.45) is 0. The minimum atomic E-state index is 0.738. The van der Waals surface area contributed by atoms with E-state index in [2.05, 4.69) is 42.3 Å². The number of benzene rings is 1. The molecule has 1 aliphatic rings. The van der Waals surface area contributed by atoms with Crippen molar-refractivity contribution in [1.29, 1.82) is 0 Å². The molecular weight excluding hydrogens is 324 g/mol. The van der Waals surface area contributed by atoms with E-state index in [-0.39, 0.29) is 0 Å². The Morgan fingerprint density at radius 2 is 2.20 bits per heavy atom. The van der Waals surface area contributed by atoms with E-state index in [4.69, 9.17) is 5.73 Å². The average Bonchev–Trinajstić information content (AvgIpc) is 2.57. The van der Waals surface area contributed by atoms with Gasteiger partial charge in [-0.3, -0.25) is 15.4 Å². The van der Waals surface area contributed by atoms with Crippen LogP contribution in [0.4, 0.5) is 11.4 Å². The lowest BCUT2D eigenvalue weighted by atomic mass is 10.3. The Morgan fingerprint density at radius 1 is 1.40 bits per heavy atom. The summed E-state index contributed by atoms with van der Waals surface area (Å²) in [6, 6.07) is 5.65. The van der Waals surface area contributed by atoms with Crippen molar-refractivity contribution in [2.24, 2.45) is 4.99 Å². The van der Waals surface area contributed by atoms with Crippen molar-refractivity contribution in [3.63, 3.8) is 0 Å². The fourth-order valence-corrected chi connectivity index (χ4v) is 2.22. The number of nitrogen functional groups attached to an aromatic ring is 1. The van der Waals surface area contributed by atoms with Gasteiger partial charge in [0.05, 0.1) is 18.8 Å². The van der Waals surface area contributed by atoms with Gasteiger partial charge in [0.2, 0.25) is 0 Å². The van der Waals surface area contributed by atoms with Gasteiger partial charge in [-0.25, -0.2) is 0 Å². The molecule has 1 heterocycles. The fraction of sp³-hybridized carbons (Fsp3) is 0.222. The quantitative estimate of drug-likeness (QED) is 0.645. The normalized spacial score (nSPS) is 15.3. The zero-order valence-electron chi connectivity index (χ0n) is 7.87. The van der Waals surface area contributed by atoms with Crippen molar-refractivity contribution < 1.29 is 0 Å². The molecule has 4 nitrogen and oxygen atoms in total. The molecule has 0 spiro atoms. The Balaban J connectivity index is 2.14. The lowest BCUT2D eigenvalue weighted by Crippen LogP contribution is -2.30. The number of nitrogens with two attached hydrogens (primary N) is 1. The molecule has 0 bridgehead atoms. The molecule has 0 aliphatic carbocycles. The van der Waals surface area contributed by atoms with E-state index in [1.54, 1.807) is 0 Å². The van der Waals surface area contributed by atoms with Crippen LogP contribution in [0.15, 0.2) is 27.7 Å². The van der Waals surface area contributed by atoms with E-state index in [1.165, 1.54) is 0 Å². The van der Waals surface area contributed by atoms with Crippen molar-refractivity contribution in [1.82, 2.24) is 5.01 Å². The molecule has 0 amide bonds. The number of nitrogens with one attached hydrogen (secondary N) is 1. The first-order chi connectivity index (χ1) is 7.16. The van der Waals surface area contributed by atoms with Gasteiger partial charge in [-0.1, -0.05) is 0 Å². The summed E-state index contributed by atoms with van der Waals surface area (Å²) in [5, 5.41) is 1.94. The number of hydrazine groups is 1. The Kier molecular flexibility index (Phi) is 3.16. The van der Waals surface area contributed by atoms with Gasteiger partial charge in [0.15, 0.2) is 4.74 Å². The van der Waals surface area contributed by atoms with Gasteiger partial charge in [-0.15, -0.1) is 0 Å². The molecule has 0 fully saturated rings. The smallest absolute Gasteiger partial charge is 0.187 e. The van der Waals surface area contributed by atoms with Crippen LogP contribution >= 0.6 is 31.9 Å². The molecule has 0 aromatic heterocycles. The Hall–Kier alpha value is -0.750. The molecule has 15 heavy (non-hydrogen) atoms. The second-order valence-corrected chi connectivity index (χ2v) is 4.72. The first kappa shape index (κ1) is 10.8. The van der Waals surface area contributed by atoms with Crippen LogP contribution < -0.4 is 11.2 Å². The minimum Gasteiger partial charge on any atom is -0.399 e. The highest BCUT2D eigenvalue weighted by Crippen LogP contribution is 2.25. The van der Waals surface area contributed by atoms with E-state index in [9.17, 15) is 0 Å². The summed E-state index contributed by atoms with van der Waals surface area (Å²) in [5.41, 5.74) is 10.6. The van der Waals surface area contributed by atoms with Crippen molar-refractivity contribution in [2.45, 2.75) is 0 Å². The lowest BCUT2D eigenvalue weighted by molar-refractivity contribution is 0.554. The Morgan fingerprint density at radius 3 is 2.80 bits per heavy atom. The maximum absolute atomic E-state index is 5.66. The zero-order valence-corrected chi connectivity index (χ0v) is 11.0. The molecule has 0 radical (unpaired) electrons. The highest BCUT2D eigenvalue weighted by molar-refractivity contribution is 9.18. The number of aliphatic imine (C=N–C) groups is 1. The summed E-state index contributed by atoms with van der Waals surface area (Å²) in [5.74, 6) is 0. The molecule has 1 aliphatic heterocycles.